The van der Waals surface area contributed by atoms with Gasteiger partial charge in [-0.05, 0) is 15.9 Å². The first-order valence-corrected chi connectivity index (χ1v) is 7.40. The lowest BCUT2D eigenvalue weighted by atomic mass is 9.98. The number of aliphatic hydroxyl groups is 1. The minimum absolute atomic E-state index is 0.123. The van der Waals surface area contributed by atoms with Gasteiger partial charge >= 0.3 is 0 Å². The molecule has 0 spiro atoms. The Balaban J connectivity index is 1.98. The summed E-state index contributed by atoms with van der Waals surface area (Å²) in [4.78, 5) is 17.8. The number of nitrogens with zero attached hydrogens (tertiary/aromatic N) is 3. The smallest absolute Gasteiger partial charge is 0.262 e. The zero-order valence-electron chi connectivity index (χ0n) is 12.0. The molecule has 0 saturated carbocycles. The Morgan fingerprint density at radius 3 is 2.82 bits per heavy atom. The van der Waals surface area contributed by atoms with E-state index in [2.05, 4.69) is 26.1 Å². The van der Waals surface area contributed by atoms with E-state index in [9.17, 15) is 9.90 Å². The van der Waals surface area contributed by atoms with Gasteiger partial charge in [0.05, 0.1) is 12.8 Å². The molecule has 2 aromatic heterocycles. The molecule has 1 amide bonds. The summed E-state index contributed by atoms with van der Waals surface area (Å²) in [6, 6.07) is 4.94. The van der Waals surface area contributed by atoms with Crippen LogP contribution in [0.2, 0.25) is 0 Å². The number of hydrogen-bond donors (Lipinski definition) is 1. The average molecular weight is 368 g/mol. The number of halogens is 1. The molecular formula is C14H14BrN3O4. The van der Waals surface area contributed by atoms with E-state index in [0.29, 0.717) is 28.3 Å². The summed E-state index contributed by atoms with van der Waals surface area (Å²) in [7, 11) is 3.19. The molecule has 0 bridgehead atoms. The summed E-state index contributed by atoms with van der Waals surface area (Å²) in [5, 5.41) is 14.4. The molecule has 22 heavy (non-hydrogen) atoms. The quantitative estimate of drug-likeness (QED) is 0.828. The van der Waals surface area contributed by atoms with Crippen molar-refractivity contribution in [3.05, 3.63) is 28.6 Å². The first-order valence-electron chi connectivity index (χ1n) is 6.61. The van der Waals surface area contributed by atoms with Crippen LogP contribution in [-0.2, 0) is 10.4 Å². The molecule has 1 N–H and O–H groups in total. The molecule has 8 heteroatoms. The molecule has 1 unspecified atom stereocenters. The summed E-state index contributed by atoms with van der Waals surface area (Å²) in [5.74, 6) is 0.337. The van der Waals surface area contributed by atoms with Gasteiger partial charge in [0.2, 0.25) is 5.60 Å². The lowest BCUT2D eigenvalue weighted by molar-refractivity contribution is -0.144. The Bertz CT molecular complexity index is 733. The van der Waals surface area contributed by atoms with Crippen molar-refractivity contribution in [1.82, 2.24) is 15.0 Å². The zero-order chi connectivity index (χ0) is 15.9. The van der Waals surface area contributed by atoms with Gasteiger partial charge in [0.25, 0.3) is 5.91 Å². The van der Waals surface area contributed by atoms with Gasteiger partial charge in [0, 0.05) is 38.2 Å². The van der Waals surface area contributed by atoms with Crippen LogP contribution >= 0.6 is 15.9 Å². The van der Waals surface area contributed by atoms with Crippen LogP contribution in [0.1, 0.15) is 12.2 Å². The molecule has 2 aromatic rings. The van der Waals surface area contributed by atoms with E-state index in [1.165, 1.54) is 11.0 Å². The van der Waals surface area contributed by atoms with Crippen LogP contribution in [-0.4, -0.2) is 46.8 Å². The second-order valence-corrected chi connectivity index (χ2v) is 5.94. The number of hydrogen-bond acceptors (Lipinski definition) is 6. The summed E-state index contributed by atoms with van der Waals surface area (Å²) < 4.78 is 11.0. The van der Waals surface area contributed by atoms with E-state index < -0.39 is 11.5 Å². The van der Waals surface area contributed by atoms with Crippen LogP contribution < -0.4 is 4.74 Å². The summed E-state index contributed by atoms with van der Waals surface area (Å²) >= 11 is 3.29. The summed E-state index contributed by atoms with van der Waals surface area (Å²) in [6.45, 7) is 0.467. The number of pyridine rings is 1. The lowest BCUT2D eigenvalue weighted by Gasteiger charge is -2.16. The second kappa shape index (κ2) is 5.36. The third-order valence-electron chi connectivity index (χ3n) is 3.69. The lowest BCUT2D eigenvalue weighted by Crippen LogP contribution is -2.35. The maximum Gasteiger partial charge on any atom is 0.262 e. The van der Waals surface area contributed by atoms with E-state index >= 15 is 0 Å². The molecule has 0 aromatic carbocycles. The highest BCUT2D eigenvalue weighted by molar-refractivity contribution is 9.10. The van der Waals surface area contributed by atoms with Gasteiger partial charge in [-0.3, -0.25) is 4.79 Å². The number of carbonyl (C=O) groups is 1. The average Bonchev–Trinajstić information content (AvgIpc) is 3.09. The second-order valence-electron chi connectivity index (χ2n) is 5.13. The molecule has 3 heterocycles. The van der Waals surface area contributed by atoms with Crippen molar-refractivity contribution in [3.63, 3.8) is 0 Å². The standard InChI is InChI=1S/C14H14BrN3O4/c1-18-4-3-14(20,13(18)19)11-7-10(17-22-11)9-5-8(21-2)6-12(15)16-9/h5-7,20H,3-4H2,1-2H3. The normalized spacial score (nSPS) is 21.5. The van der Waals surface area contributed by atoms with Crippen LogP contribution in [0.4, 0.5) is 0 Å². The number of amides is 1. The molecule has 3 rings (SSSR count). The highest BCUT2D eigenvalue weighted by Gasteiger charge is 2.48. The van der Waals surface area contributed by atoms with E-state index in [1.807, 2.05) is 0 Å². The zero-order valence-corrected chi connectivity index (χ0v) is 13.6. The number of aromatic nitrogens is 2. The predicted molar refractivity (Wildman–Crippen MR) is 80.1 cm³/mol. The third-order valence-corrected chi connectivity index (χ3v) is 4.10. The SMILES string of the molecule is COc1cc(Br)nc(-c2cc(C3(O)CCN(C)C3=O)on2)c1. The monoisotopic (exact) mass is 367 g/mol. The number of rotatable bonds is 3. The van der Waals surface area contributed by atoms with Gasteiger partial charge in [-0.25, -0.2) is 4.98 Å². The maximum atomic E-state index is 12.1. The Kier molecular flexibility index (Phi) is 3.65. The van der Waals surface area contributed by atoms with E-state index in [-0.39, 0.29) is 12.2 Å². The van der Waals surface area contributed by atoms with Crippen LogP contribution in [0.25, 0.3) is 11.4 Å². The maximum absolute atomic E-state index is 12.1. The van der Waals surface area contributed by atoms with Gasteiger partial charge in [-0.2, -0.15) is 0 Å². The predicted octanol–water partition coefficient (Wildman–Crippen LogP) is 1.56. The Morgan fingerprint density at radius 2 is 2.18 bits per heavy atom. The molecule has 1 aliphatic heterocycles. The largest absolute Gasteiger partial charge is 0.497 e. The minimum atomic E-state index is -1.66. The van der Waals surface area contributed by atoms with Gasteiger partial charge < -0.3 is 19.3 Å². The Hall–Kier alpha value is -1.93. The third kappa shape index (κ3) is 2.38. The molecule has 1 atom stereocenters. The van der Waals surface area contributed by atoms with E-state index in [0.717, 1.165) is 0 Å². The van der Waals surface area contributed by atoms with Gasteiger partial charge in [0.15, 0.2) is 5.76 Å². The van der Waals surface area contributed by atoms with Crippen LogP contribution in [0.5, 0.6) is 5.75 Å². The first kappa shape index (κ1) is 15.0. The van der Waals surface area contributed by atoms with Crippen molar-refractivity contribution in [1.29, 1.82) is 0 Å². The topological polar surface area (TPSA) is 88.7 Å². The molecule has 1 aliphatic rings. The number of ether oxygens (including phenoxy) is 1. The molecular weight excluding hydrogens is 354 g/mol. The fraction of sp³-hybridized carbons (Fsp3) is 0.357. The molecule has 1 saturated heterocycles. The first-order chi connectivity index (χ1) is 10.4. The Labute approximate surface area is 135 Å². The number of likely N-dealkylation sites (N-methyl/N-ethyl adjacent to an activating group) is 1. The van der Waals surface area contributed by atoms with Crippen molar-refractivity contribution < 1.29 is 19.2 Å². The van der Waals surface area contributed by atoms with Crippen molar-refractivity contribution in [2.24, 2.45) is 0 Å². The molecule has 116 valence electrons. The number of likely N-dealkylation sites (tertiary alicyclic amines) is 1. The van der Waals surface area contributed by atoms with E-state index in [4.69, 9.17) is 9.26 Å². The molecule has 0 aliphatic carbocycles. The van der Waals surface area contributed by atoms with Gasteiger partial charge in [0.1, 0.15) is 16.0 Å². The van der Waals surface area contributed by atoms with Crippen molar-refractivity contribution in [2.75, 3.05) is 20.7 Å². The van der Waals surface area contributed by atoms with E-state index in [1.54, 1.807) is 26.3 Å². The molecule has 7 nitrogen and oxygen atoms in total. The molecule has 0 radical (unpaired) electrons. The highest BCUT2D eigenvalue weighted by Crippen LogP contribution is 2.35. The van der Waals surface area contributed by atoms with Crippen molar-refractivity contribution in [2.45, 2.75) is 12.0 Å². The van der Waals surface area contributed by atoms with Crippen molar-refractivity contribution >= 4 is 21.8 Å². The Morgan fingerprint density at radius 1 is 1.41 bits per heavy atom. The fourth-order valence-electron chi connectivity index (χ4n) is 2.40. The van der Waals surface area contributed by atoms with Gasteiger partial charge in [-0.15, -0.1) is 0 Å². The minimum Gasteiger partial charge on any atom is -0.497 e. The molecule has 1 fully saturated rings. The van der Waals surface area contributed by atoms with Crippen LogP contribution in [0.3, 0.4) is 0 Å². The van der Waals surface area contributed by atoms with Crippen LogP contribution in [0.15, 0.2) is 27.3 Å². The number of methoxy groups -OCH3 is 1. The van der Waals surface area contributed by atoms with Gasteiger partial charge in [-0.1, -0.05) is 5.16 Å². The van der Waals surface area contributed by atoms with Crippen molar-refractivity contribution in [3.8, 4) is 17.1 Å². The highest BCUT2D eigenvalue weighted by atomic mass is 79.9. The van der Waals surface area contributed by atoms with Crippen LogP contribution in [0, 0.1) is 0 Å². The summed E-state index contributed by atoms with van der Waals surface area (Å²) in [5.41, 5.74) is -0.718. The fourth-order valence-corrected chi connectivity index (χ4v) is 2.81. The number of carbonyl (C=O) groups excluding carboxylic acids is 1. The summed E-state index contributed by atoms with van der Waals surface area (Å²) in [6.07, 6.45) is 0.270.